The molecule has 0 unspecified atom stereocenters. The highest BCUT2D eigenvalue weighted by Gasteiger charge is 2.14. The van der Waals surface area contributed by atoms with Gasteiger partial charge in [-0.25, -0.2) is 9.59 Å². The fourth-order valence-corrected chi connectivity index (χ4v) is 2.15. The van der Waals surface area contributed by atoms with Crippen LogP contribution in [0.1, 0.15) is 15.9 Å². The maximum Gasteiger partial charge on any atom is 0.351 e. The molecule has 1 aromatic heterocycles. The van der Waals surface area contributed by atoms with Crippen molar-refractivity contribution in [2.24, 2.45) is 0 Å². The number of fused-ring (bicyclic) bond motifs is 1. The van der Waals surface area contributed by atoms with Crippen molar-refractivity contribution in [3.05, 3.63) is 88.3 Å². The van der Waals surface area contributed by atoms with Crippen LogP contribution in [0.4, 0.5) is 0 Å². The van der Waals surface area contributed by atoms with Crippen molar-refractivity contribution in [2.75, 3.05) is 6.61 Å². The lowest BCUT2D eigenvalue weighted by atomic mass is 10.2. The number of para-hydroxylation sites is 1. The predicted molar refractivity (Wildman–Crippen MR) is 88.2 cm³/mol. The van der Waals surface area contributed by atoms with Crippen LogP contribution in [-0.2, 0) is 4.74 Å². The van der Waals surface area contributed by atoms with Crippen LogP contribution in [0, 0.1) is 0 Å². The van der Waals surface area contributed by atoms with E-state index in [-0.39, 0.29) is 12.2 Å². The van der Waals surface area contributed by atoms with Crippen LogP contribution in [-0.4, -0.2) is 12.6 Å². The average Bonchev–Trinajstić information content (AvgIpc) is 2.59. The molecule has 3 rings (SSSR count). The maximum atomic E-state index is 12.0. The second kappa shape index (κ2) is 6.75. The van der Waals surface area contributed by atoms with E-state index in [2.05, 4.69) is 0 Å². The van der Waals surface area contributed by atoms with Crippen LogP contribution in [0.5, 0.6) is 0 Å². The van der Waals surface area contributed by atoms with E-state index in [9.17, 15) is 9.59 Å². The van der Waals surface area contributed by atoms with E-state index in [0.29, 0.717) is 11.0 Å². The molecule has 0 saturated heterocycles. The standard InChI is InChI=1S/C19H14O4/c20-18(22-12-6-9-14-7-2-1-3-8-14)16-13-15-10-4-5-11-17(15)23-19(16)21/h1-11,13H,12H2/b9-6+. The minimum atomic E-state index is -0.694. The summed E-state index contributed by atoms with van der Waals surface area (Å²) in [4.78, 5) is 23.8. The number of rotatable bonds is 4. The van der Waals surface area contributed by atoms with Crippen molar-refractivity contribution in [1.29, 1.82) is 0 Å². The molecule has 3 aromatic rings. The first-order valence-corrected chi connectivity index (χ1v) is 7.15. The Morgan fingerprint density at radius 1 is 1.04 bits per heavy atom. The third-order valence-electron chi connectivity index (χ3n) is 3.28. The molecule has 0 aliphatic carbocycles. The van der Waals surface area contributed by atoms with Crippen LogP contribution < -0.4 is 5.63 Å². The molecule has 114 valence electrons. The fourth-order valence-electron chi connectivity index (χ4n) is 2.15. The van der Waals surface area contributed by atoms with Crippen LogP contribution >= 0.6 is 0 Å². The highest BCUT2D eigenvalue weighted by Crippen LogP contribution is 2.13. The van der Waals surface area contributed by atoms with E-state index in [4.69, 9.17) is 9.15 Å². The molecular weight excluding hydrogens is 292 g/mol. The van der Waals surface area contributed by atoms with Gasteiger partial charge in [-0.2, -0.15) is 0 Å². The topological polar surface area (TPSA) is 56.5 Å². The first-order valence-electron chi connectivity index (χ1n) is 7.15. The van der Waals surface area contributed by atoms with Gasteiger partial charge in [-0.15, -0.1) is 0 Å². The zero-order chi connectivity index (χ0) is 16.1. The quantitative estimate of drug-likeness (QED) is 0.545. The molecule has 0 radical (unpaired) electrons. The molecule has 0 saturated carbocycles. The van der Waals surface area contributed by atoms with Gasteiger partial charge >= 0.3 is 11.6 Å². The highest BCUT2D eigenvalue weighted by molar-refractivity contribution is 5.92. The fraction of sp³-hybridized carbons (Fsp3) is 0.0526. The van der Waals surface area contributed by atoms with Crippen molar-refractivity contribution in [3.8, 4) is 0 Å². The maximum absolute atomic E-state index is 12.0. The normalized spacial score (nSPS) is 11.0. The van der Waals surface area contributed by atoms with E-state index >= 15 is 0 Å². The SMILES string of the molecule is O=C(OC/C=C/c1ccccc1)c1cc2ccccc2oc1=O. The van der Waals surface area contributed by atoms with E-state index in [1.54, 1.807) is 30.3 Å². The Hall–Kier alpha value is -3.14. The van der Waals surface area contributed by atoms with Crippen molar-refractivity contribution in [1.82, 2.24) is 0 Å². The van der Waals surface area contributed by atoms with Crippen LogP contribution in [0.25, 0.3) is 17.0 Å². The minimum absolute atomic E-state index is 0.0833. The number of hydrogen-bond acceptors (Lipinski definition) is 4. The van der Waals surface area contributed by atoms with Gasteiger partial charge < -0.3 is 9.15 Å². The summed E-state index contributed by atoms with van der Waals surface area (Å²) in [5, 5.41) is 0.680. The lowest BCUT2D eigenvalue weighted by Gasteiger charge is -2.02. The number of benzene rings is 2. The van der Waals surface area contributed by atoms with E-state index in [0.717, 1.165) is 5.56 Å². The second-order valence-electron chi connectivity index (χ2n) is 4.90. The molecule has 23 heavy (non-hydrogen) atoms. The highest BCUT2D eigenvalue weighted by atomic mass is 16.5. The van der Waals surface area contributed by atoms with Gasteiger partial charge in [0.05, 0.1) is 0 Å². The van der Waals surface area contributed by atoms with E-state index < -0.39 is 11.6 Å². The van der Waals surface area contributed by atoms with Crippen molar-refractivity contribution >= 4 is 23.0 Å². The molecule has 2 aromatic carbocycles. The number of hydrogen-bond donors (Lipinski definition) is 0. The van der Waals surface area contributed by atoms with Crippen LogP contribution in [0.3, 0.4) is 0 Å². The molecule has 0 bridgehead atoms. The van der Waals surface area contributed by atoms with E-state index in [1.807, 2.05) is 36.4 Å². The van der Waals surface area contributed by atoms with Gasteiger partial charge in [0.2, 0.25) is 0 Å². The van der Waals surface area contributed by atoms with Gasteiger partial charge in [-0.05, 0) is 23.8 Å². The summed E-state index contributed by atoms with van der Waals surface area (Å²) in [5.74, 6) is -0.692. The van der Waals surface area contributed by atoms with Crippen molar-refractivity contribution < 1.29 is 13.9 Å². The summed E-state index contributed by atoms with van der Waals surface area (Å²) in [6.07, 6.45) is 3.56. The molecule has 0 spiro atoms. The summed E-state index contributed by atoms with van der Waals surface area (Å²) in [6.45, 7) is 0.0833. The molecular formula is C19H14O4. The summed E-state index contributed by atoms with van der Waals surface area (Å²) >= 11 is 0. The van der Waals surface area contributed by atoms with Crippen LogP contribution in [0.15, 0.2) is 76.0 Å². The van der Waals surface area contributed by atoms with Crippen molar-refractivity contribution in [2.45, 2.75) is 0 Å². The summed E-state index contributed by atoms with van der Waals surface area (Å²) in [6, 6.07) is 18.2. The largest absolute Gasteiger partial charge is 0.458 e. The summed E-state index contributed by atoms with van der Waals surface area (Å²) in [7, 11) is 0. The number of carbonyl (C=O) groups excluding carboxylic acids is 1. The summed E-state index contributed by atoms with van der Waals surface area (Å²) < 4.78 is 10.2. The van der Waals surface area contributed by atoms with Crippen LogP contribution in [0.2, 0.25) is 0 Å². The Morgan fingerprint density at radius 3 is 2.61 bits per heavy atom. The Kier molecular flexibility index (Phi) is 4.34. The molecule has 4 heteroatoms. The number of carbonyl (C=O) groups is 1. The third kappa shape index (κ3) is 3.55. The Bertz CT molecular complexity index is 907. The molecule has 1 heterocycles. The zero-order valence-corrected chi connectivity index (χ0v) is 12.3. The minimum Gasteiger partial charge on any atom is -0.458 e. The van der Waals surface area contributed by atoms with Gasteiger partial charge in [0.25, 0.3) is 0 Å². The number of esters is 1. The predicted octanol–water partition coefficient (Wildman–Crippen LogP) is 3.66. The van der Waals surface area contributed by atoms with Gasteiger partial charge in [0, 0.05) is 5.39 Å². The molecule has 0 aliphatic rings. The van der Waals surface area contributed by atoms with Gasteiger partial charge in [0.15, 0.2) is 0 Å². The third-order valence-corrected chi connectivity index (χ3v) is 3.28. The molecule has 0 fully saturated rings. The second-order valence-corrected chi connectivity index (χ2v) is 4.90. The monoisotopic (exact) mass is 306 g/mol. The molecule has 0 atom stereocenters. The lowest BCUT2D eigenvalue weighted by molar-refractivity contribution is 0.0545. The lowest BCUT2D eigenvalue weighted by Crippen LogP contribution is -2.16. The Labute approximate surface area is 132 Å². The van der Waals surface area contributed by atoms with Gasteiger partial charge in [0.1, 0.15) is 17.8 Å². The van der Waals surface area contributed by atoms with Gasteiger partial charge in [-0.3, -0.25) is 0 Å². The zero-order valence-electron chi connectivity index (χ0n) is 12.3. The molecule has 0 amide bonds. The smallest absolute Gasteiger partial charge is 0.351 e. The number of ether oxygens (including phenoxy) is 1. The average molecular weight is 306 g/mol. The molecule has 0 aliphatic heterocycles. The molecule has 4 nitrogen and oxygen atoms in total. The molecule has 0 N–H and O–H groups in total. The van der Waals surface area contributed by atoms with E-state index in [1.165, 1.54) is 6.07 Å². The van der Waals surface area contributed by atoms with Crippen molar-refractivity contribution in [3.63, 3.8) is 0 Å². The summed E-state index contributed by atoms with van der Waals surface area (Å²) in [5.41, 5.74) is 0.657. The first-order chi connectivity index (χ1) is 11.2. The Balaban J connectivity index is 1.70. The first kappa shape index (κ1) is 14.8. The Morgan fingerprint density at radius 2 is 1.78 bits per heavy atom. The van der Waals surface area contributed by atoms with Gasteiger partial charge in [-0.1, -0.05) is 54.6 Å².